The van der Waals surface area contributed by atoms with Gasteiger partial charge in [-0.3, -0.25) is 4.79 Å². The Balaban J connectivity index is 1.91. The van der Waals surface area contributed by atoms with E-state index in [9.17, 15) is 19.5 Å². The monoisotopic (exact) mass is 445 g/mol. The first kappa shape index (κ1) is 22.1. The van der Waals surface area contributed by atoms with Crippen molar-refractivity contribution < 1.29 is 28.6 Å². The molecule has 33 heavy (non-hydrogen) atoms. The highest BCUT2D eigenvalue weighted by molar-refractivity contribution is 6.12. The zero-order valence-corrected chi connectivity index (χ0v) is 18.5. The van der Waals surface area contributed by atoms with Gasteiger partial charge in [0.05, 0.1) is 18.2 Å². The molecule has 3 aromatic carbocycles. The van der Waals surface area contributed by atoms with E-state index in [4.69, 9.17) is 9.15 Å². The lowest BCUT2D eigenvalue weighted by atomic mass is 9.92. The summed E-state index contributed by atoms with van der Waals surface area (Å²) >= 11 is 0. The average Bonchev–Trinajstić information content (AvgIpc) is 3.18. The number of aromatic carboxylic acids is 1. The number of carboxylic acid groups (broad SMARTS) is 1. The van der Waals surface area contributed by atoms with Gasteiger partial charge in [0, 0.05) is 28.4 Å². The fraction of sp³-hybridized carbons (Fsp3) is 0.192. The van der Waals surface area contributed by atoms with E-state index in [1.165, 1.54) is 13.2 Å². The van der Waals surface area contributed by atoms with Crippen LogP contribution in [0.15, 0.2) is 59.0 Å². The lowest BCUT2D eigenvalue weighted by Gasteiger charge is -2.13. The number of furan rings is 1. The standard InChI is InChI=1S/C26H23NO6/c1-14(2)13-27-24(28)15-8-9-16(21(10-15)26(31)32-3)18-12-23-19(11-20(18)25(29)30)17-6-4-5-7-22(17)33-23/h4-12,14H,13H2,1-3H3,(H,27,28)(H,29,30). The Hall–Kier alpha value is -4.13. The van der Waals surface area contributed by atoms with Gasteiger partial charge in [-0.15, -0.1) is 0 Å². The van der Waals surface area contributed by atoms with E-state index in [1.807, 2.05) is 32.0 Å². The van der Waals surface area contributed by atoms with Crippen LogP contribution in [0.2, 0.25) is 0 Å². The highest BCUT2D eigenvalue weighted by Gasteiger charge is 2.23. The Morgan fingerprint density at radius 3 is 2.39 bits per heavy atom. The van der Waals surface area contributed by atoms with Crippen LogP contribution >= 0.6 is 0 Å². The maximum Gasteiger partial charge on any atom is 0.338 e. The summed E-state index contributed by atoms with van der Waals surface area (Å²) in [6.45, 7) is 4.44. The van der Waals surface area contributed by atoms with Crippen LogP contribution in [0.1, 0.15) is 44.9 Å². The zero-order chi connectivity index (χ0) is 23.7. The molecule has 4 rings (SSSR count). The Morgan fingerprint density at radius 2 is 1.70 bits per heavy atom. The first-order valence-corrected chi connectivity index (χ1v) is 10.5. The van der Waals surface area contributed by atoms with Crippen LogP contribution in [0.25, 0.3) is 33.1 Å². The molecule has 7 heteroatoms. The van der Waals surface area contributed by atoms with Gasteiger partial charge in [0.1, 0.15) is 11.2 Å². The summed E-state index contributed by atoms with van der Waals surface area (Å²) in [5.74, 6) is -1.88. The van der Waals surface area contributed by atoms with Gasteiger partial charge in [-0.25, -0.2) is 9.59 Å². The second kappa shape index (κ2) is 8.78. The first-order valence-electron chi connectivity index (χ1n) is 10.5. The molecular weight excluding hydrogens is 422 g/mol. The summed E-state index contributed by atoms with van der Waals surface area (Å²) in [6.07, 6.45) is 0. The SMILES string of the molecule is COC(=O)c1cc(C(=O)NCC(C)C)ccc1-c1cc2oc3ccccc3c2cc1C(=O)O. The summed E-state index contributed by atoms with van der Waals surface area (Å²) in [6, 6.07) is 15.1. The van der Waals surface area contributed by atoms with Crippen LogP contribution < -0.4 is 5.32 Å². The molecular formula is C26H23NO6. The van der Waals surface area contributed by atoms with Crippen LogP contribution in [0.4, 0.5) is 0 Å². The highest BCUT2D eigenvalue weighted by atomic mass is 16.5. The molecule has 1 heterocycles. The van der Waals surface area contributed by atoms with Crippen molar-refractivity contribution in [2.45, 2.75) is 13.8 Å². The fourth-order valence-electron chi connectivity index (χ4n) is 3.77. The van der Waals surface area contributed by atoms with Crippen molar-refractivity contribution in [2.24, 2.45) is 5.92 Å². The number of carbonyl (C=O) groups is 3. The second-order valence-corrected chi connectivity index (χ2v) is 8.15. The molecule has 0 spiro atoms. The second-order valence-electron chi connectivity index (χ2n) is 8.15. The smallest absolute Gasteiger partial charge is 0.338 e. The molecule has 0 aliphatic heterocycles. The van der Waals surface area contributed by atoms with Gasteiger partial charge < -0.3 is 19.6 Å². The van der Waals surface area contributed by atoms with E-state index in [0.717, 1.165) is 5.39 Å². The molecule has 0 radical (unpaired) electrons. The Morgan fingerprint density at radius 1 is 0.939 bits per heavy atom. The van der Waals surface area contributed by atoms with Crippen LogP contribution in [0, 0.1) is 5.92 Å². The number of hydrogen-bond donors (Lipinski definition) is 2. The Labute approximate surface area is 190 Å². The number of carboxylic acids is 1. The Bertz CT molecular complexity index is 1400. The molecule has 2 N–H and O–H groups in total. The van der Waals surface area contributed by atoms with Gasteiger partial charge >= 0.3 is 11.9 Å². The molecule has 0 atom stereocenters. The zero-order valence-electron chi connectivity index (χ0n) is 18.5. The molecule has 0 saturated heterocycles. The van der Waals surface area contributed by atoms with Gasteiger partial charge in [-0.05, 0) is 41.8 Å². The third-order valence-electron chi connectivity index (χ3n) is 5.40. The third kappa shape index (κ3) is 4.17. The number of amides is 1. The van der Waals surface area contributed by atoms with E-state index >= 15 is 0 Å². The van der Waals surface area contributed by atoms with E-state index in [-0.39, 0.29) is 28.5 Å². The van der Waals surface area contributed by atoms with Gasteiger partial charge in [0.15, 0.2) is 0 Å². The minimum Gasteiger partial charge on any atom is -0.478 e. The summed E-state index contributed by atoms with van der Waals surface area (Å²) in [7, 11) is 1.23. The number of rotatable bonds is 6. The molecule has 0 bridgehead atoms. The number of para-hydroxylation sites is 1. The van der Waals surface area contributed by atoms with Crippen molar-refractivity contribution >= 4 is 39.8 Å². The summed E-state index contributed by atoms with van der Waals surface area (Å²) in [5.41, 5.74) is 2.13. The maximum absolute atomic E-state index is 12.6. The fourth-order valence-corrected chi connectivity index (χ4v) is 3.77. The largest absolute Gasteiger partial charge is 0.478 e. The van der Waals surface area contributed by atoms with Crippen LogP contribution in [-0.4, -0.2) is 36.6 Å². The van der Waals surface area contributed by atoms with Gasteiger partial charge in [0.2, 0.25) is 0 Å². The predicted octanol–water partition coefficient (Wildman–Crippen LogP) is 5.12. The van der Waals surface area contributed by atoms with Gasteiger partial charge in [-0.2, -0.15) is 0 Å². The highest BCUT2D eigenvalue weighted by Crippen LogP contribution is 2.36. The molecule has 1 amide bonds. The number of methoxy groups -OCH3 is 1. The van der Waals surface area contributed by atoms with E-state index in [2.05, 4.69) is 5.32 Å². The molecule has 4 aromatic rings. The number of carbonyl (C=O) groups excluding carboxylic acids is 2. The van der Waals surface area contributed by atoms with Crippen LogP contribution in [0.3, 0.4) is 0 Å². The molecule has 7 nitrogen and oxygen atoms in total. The van der Waals surface area contributed by atoms with Crippen molar-refractivity contribution in [2.75, 3.05) is 13.7 Å². The molecule has 0 unspecified atom stereocenters. The first-order chi connectivity index (χ1) is 15.8. The predicted molar refractivity (Wildman–Crippen MR) is 125 cm³/mol. The summed E-state index contributed by atoms with van der Waals surface area (Å²) in [5, 5.41) is 14.2. The number of esters is 1. The lowest BCUT2D eigenvalue weighted by molar-refractivity contribution is 0.0600. The van der Waals surface area contributed by atoms with Crippen molar-refractivity contribution in [3.63, 3.8) is 0 Å². The quantitative estimate of drug-likeness (QED) is 0.399. The number of ether oxygens (including phenoxy) is 1. The number of benzene rings is 3. The van der Waals surface area contributed by atoms with Crippen molar-refractivity contribution in [1.29, 1.82) is 0 Å². The summed E-state index contributed by atoms with van der Waals surface area (Å²) < 4.78 is 10.8. The minimum atomic E-state index is -1.15. The molecule has 168 valence electrons. The number of fused-ring (bicyclic) bond motifs is 3. The average molecular weight is 445 g/mol. The van der Waals surface area contributed by atoms with E-state index in [0.29, 0.717) is 34.2 Å². The molecule has 0 aliphatic carbocycles. The molecule has 1 aromatic heterocycles. The third-order valence-corrected chi connectivity index (χ3v) is 5.40. The topological polar surface area (TPSA) is 106 Å². The summed E-state index contributed by atoms with van der Waals surface area (Å²) in [4.78, 5) is 37.3. The van der Waals surface area contributed by atoms with Gasteiger partial charge in [0.25, 0.3) is 5.91 Å². The lowest BCUT2D eigenvalue weighted by Crippen LogP contribution is -2.27. The minimum absolute atomic E-state index is 0.0104. The normalized spacial score (nSPS) is 11.2. The number of nitrogens with one attached hydrogen (secondary N) is 1. The van der Waals surface area contributed by atoms with Crippen molar-refractivity contribution in [3.8, 4) is 11.1 Å². The molecule has 0 saturated carbocycles. The van der Waals surface area contributed by atoms with Gasteiger partial charge in [-0.1, -0.05) is 38.1 Å². The maximum atomic E-state index is 12.6. The Kier molecular flexibility index (Phi) is 5.87. The van der Waals surface area contributed by atoms with Crippen molar-refractivity contribution in [1.82, 2.24) is 5.32 Å². The van der Waals surface area contributed by atoms with Crippen LogP contribution in [-0.2, 0) is 4.74 Å². The molecule has 0 fully saturated rings. The van der Waals surface area contributed by atoms with Crippen LogP contribution in [0.5, 0.6) is 0 Å². The van der Waals surface area contributed by atoms with E-state index < -0.39 is 11.9 Å². The number of hydrogen-bond acceptors (Lipinski definition) is 5. The van der Waals surface area contributed by atoms with Crippen molar-refractivity contribution in [3.05, 3.63) is 71.3 Å². The van der Waals surface area contributed by atoms with E-state index in [1.54, 1.807) is 30.3 Å². The molecule has 0 aliphatic rings.